The summed E-state index contributed by atoms with van der Waals surface area (Å²) in [6, 6.07) is 0. The van der Waals surface area contributed by atoms with E-state index in [-0.39, 0.29) is 19.3 Å². The van der Waals surface area contributed by atoms with Crippen molar-refractivity contribution in [2.24, 2.45) is 0 Å². The van der Waals surface area contributed by atoms with Gasteiger partial charge in [-0.2, -0.15) is 0 Å². The molecule has 0 radical (unpaired) electrons. The Kier molecular flexibility index (Phi) is 92.2. The Hall–Kier alpha value is -6.13. The van der Waals surface area contributed by atoms with Crippen LogP contribution in [0, 0.1) is 0 Å². The van der Waals surface area contributed by atoms with E-state index in [1.54, 1.807) is 0 Å². The minimum absolute atomic E-state index is 0.0786. The van der Waals surface area contributed by atoms with Gasteiger partial charge in [-0.25, -0.2) is 9.13 Å². The highest BCUT2D eigenvalue weighted by Gasteiger charge is 2.30. The lowest BCUT2D eigenvalue weighted by molar-refractivity contribution is -0.161. The van der Waals surface area contributed by atoms with Gasteiger partial charge in [0.1, 0.15) is 25.4 Å². The largest absolute Gasteiger partial charge is 0.472 e. The second-order valence-electron chi connectivity index (χ2n) is 32.1. The Labute approximate surface area is 762 Å². The fourth-order valence-corrected chi connectivity index (χ4v) is 14.5. The normalized spacial score (nSPS) is 14.6. The Morgan fingerprint density at radius 1 is 0.224 bits per heavy atom. The van der Waals surface area contributed by atoms with Crippen LogP contribution in [0.25, 0.3) is 0 Å². The van der Waals surface area contributed by atoms with Crippen molar-refractivity contribution in [3.8, 4) is 0 Å². The number of carbonyl (C=O) groups is 3. The van der Waals surface area contributed by atoms with Crippen LogP contribution in [0.3, 0.4) is 0 Å². The van der Waals surface area contributed by atoms with Crippen molar-refractivity contribution in [3.05, 3.63) is 219 Å². The highest BCUT2D eigenvalue weighted by Crippen LogP contribution is 2.45. The van der Waals surface area contributed by atoms with Gasteiger partial charge in [-0.3, -0.25) is 32.5 Å². The van der Waals surface area contributed by atoms with Gasteiger partial charge in [-0.15, -0.1) is 0 Å². The van der Waals surface area contributed by atoms with E-state index in [9.17, 15) is 43.5 Å². The average molecular weight is 1780 g/mol. The molecule has 0 saturated carbocycles. The van der Waals surface area contributed by atoms with E-state index < -0.39 is 91.5 Å². The van der Waals surface area contributed by atoms with Crippen LogP contribution in [0.15, 0.2) is 219 Å². The summed E-state index contributed by atoms with van der Waals surface area (Å²) in [5.74, 6) is -1.60. The minimum atomic E-state index is -4.96. The van der Waals surface area contributed by atoms with Crippen molar-refractivity contribution in [3.63, 3.8) is 0 Å². The number of esters is 3. The van der Waals surface area contributed by atoms with E-state index in [2.05, 4.69) is 240 Å². The molecule has 125 heavy (non-hydrogen) atoms. The number of phosphoric ester groups is 2. The van der Waals surface area contributed by atoms with E-state index >= 15 is 0 Å². The predicted octanol–water partition coefficient (Wildman–Crippen LogP) is 30.9. The zero-order chi connectivity index (χ0) is 90.7. The molecule has 5 unspecified atom stereocenters. The molecule has 0 aliphatic rings. The second-order valence-corrected chi connectivity index (χ2v) is 35.0. The lowest BCUT2D eigenvalue weighted by atomic mass is 10.0. The van der Waals surface area contributed by atoms with Crippen LogP contribution in [-0.2, 0) is 55.8 Å². The van der Waals surface area contributed by atoms with Crippen LogP contribution in [0.5, 0.6) is 0 Å². The van der Waals surface area contributed by atoms with Crippen molar-refractivity contribution >= 4 is 33.6 Å². The average Bonchev–Trinajstić information content (AvgIpc) is 0.897. The number of phosphoric acid groups is 2. The molecule has 0 spiro atoms. The molecule has 0 aromatic heterocycles. The summed E-state index contributed by atoms with van der Waals surface area (Å²) in [7, 11) is -9.83. The Balaban J connectivity index is 4.62. The van der Waals surface area contributed by atoms with Crippen LogP contribution < -0.4 is 0 Å². The maximum Gasteiger partial charge on any atom is 0.472 e. The molecule has 4 N–H and O–H groups in total. The smallest absolute Gasteiger partial charge is 0.463 e. The van der Waals surface area contributed by atoms with Crippen molar-refractivity contribution in [2.45, 2.75) is 399 Å². The monoisotopic (exact) mass is 1780 g/mol. The van der Waals surface area contributed by atoms with Crippen molar-refractivity contribution in [1.29, 1.82) is 0 Å². The molecule has 16 nitrogen and oxygen atoms in total. The summed E-state index contributed by atoms with van der Waals surface area (Å²) in [5, 5.41) is 20.8. The lowest BCUT2D eigenvalue weighted by Gasteiger charge is -2.21. The van der Waals surface area contributed by atoms with Gasteiger partial charge in [0.15, 0.2) is 6.10 Å². The molecule has 0 aromatic rings. The van der Waals surface area contributed by atoms with Crippen LogP contribution >= 0.6 is 15.6 Å². The van der Waals surface area contributed by atoms with Gasteiger partial charge in [-0.05, 0) is 173 Å². The third kappa shape index (κ3) is 98.3. The molecule has 710 valence electrons. The summed E-state index contributed by atoms with van der Waals surface area (Å²) in [4.78, 5) is 59.1. The quantitative estimate of drug-likeness (QED) is 0.0146. The van der Waals surface area contributed by atoms with Crippen LogP contribution in [0.2, 0.25) is 0 Å². The number of aliphatic hydroxyl groups is 2. The first kappa shape index (κ1) is 119. The third-order valence-electron chi connectivity index (χ3n) is 20.2. The number of allylic oxidation sites excluding steroid dienone is 36. The molecular formula is C107H176O16P2. The summed E-state index contributed by atoms with van der Waals surface area (Å²) in [6.45, 7) is 2.35. The Bertz CT molecular complexity index is 3150. The number of unbranched alkanes of at least 4 members (excludes halogenated alkanes) is 32. The van der Waals surface area contributed by atoms with Gasteiger partial charge >= 0.3 is 33.6 Å². The summed E-state index contributed by atoms with van der Waals surface area (Å²) in [5.41, 5.74) is 0. The van der Waals surface area contributed by atoms with Gasteiger partial charge in [0, 0.05) is 19.3 Å². The third-order valence-corrected chi connectivity index (χ3v) is 22.1. The zero-order valence-corrected chi connectivity index (χ0v) is 80.2. The van der Waals surface area contributed by atoms with E-state index in [0.29, 0.717) is 19.3 Å². The van der Waals surface area contributed by atoms with Crippen LogP contribution in [0.1, 0.15) is 380 Å². The number of hydrogen-bond acceptors (Lipinski definition) is 14. The van der Waals surface area contributed by atoms with Gasteiger partial charge in [-0.1, -0.05) is 406 Å². The predicted molar refractivity (Wildman–Crippen MR) is 527 cm³/mol. The number of aliphatic hydroxyl groups excluding tert-OH is 2. The lowest BCUT2D eigenvalue weighted by Crippen LogP contribution is -2.30. The molecule has 0 aliphatic carbocycles. The van der Waals surface area contributed by atoms with Crippen LogP contribution in [0.4, 0.5) is 0 Å². The first-order chi connectivity index (χ1) is 61.2. The summed E-state index contributed by atoms with van der Waals surface area (Å²) in [6.07, 6.45) is 133. The fraction of sp³-hybridized carbons (Fsp3) is 0.636. The number of rotatable bonds is 91. The topological polar surface area (TPSA) is 231 Å². The highest BCUT2D eigenvalue weighted by atomic mass is 31.2. The maximum atomic E-state index is 13.1. The minimum Gasteiger partial charge on any atom is -0.463 e. The van der Waals surface area contributed by atoms with E-state index in [0.717, 1.165) is 205 Å². The van der Waals surface area contributed by atoms with Gasteiger partial charge in [0.25, 0.3) is 0 Å². The molecule has 0 rings (SSSR count). The highest BCUT2D eigenvalue weighted by molar-refractivity contribution is 7.47. The van der Waals surface area contributed by atoms with Crippen LogP contribution in [-0.4, -0.2) is 95.9 Å². The number of carbonyl (C=O) groups excluding carboxylic acids is 3. The second kappa shape index (κ2) is 96.9. The molecule has 0 aromatic carbocycles. The molecule has 18 heteroatoms. The Morgan fingerprint density at radius 3 is 0.632 bits per heavy atom. The van der Waals surface area contributed by atoms with Gasteiger partial charge in [0.2, 0.25) is 0 Å². The van der Waals surface area contributed by atoms with E-state index in [4.69, 9.17) is 32.3 Å². The molecule has 0 fully saturated rings. The molecule has 0 aliphatic heterocycles. The molecule has 5 atom stereocenters. The van der Waals surface area contributed by atoms with E-state index in [1.807, 2.05) is 0 Å². The molecule has 0 heterocycles. The zero-order valence-electron chi connectivity index (χ0n) is 78.4. The summed E-state index contributed by atoms with van der Waals surface area (Å²) < 4.78 is 61.6. The van der Waals surface area contributed by atoms with Crippen molar-refractivity contribution in [1.82, 2.24) is 0 Å². The SMILES string of the molecule is CC/C=C\C/C=C\C/C=C\C/C=C\C/C=C\C/C=C\CCCCCCCCCCCCCCCCCCC(=O)OCC(O)COP(=O)(O)OCC(O)COP(=O)(O)OCC(COC(=O)CCCCCCCCCCCC/C=C\C/C=C\C/C=C\C/C=C\C/C=C\C/C=C\CC)OC(=O)CCCCCCCC/C=C\C/C=C\C/C=C\C/C=C\C/C=C\C/C=C\CC. The van der Waals surface area contributed by atoms with Gasteiger partial charge in [0.05, 0.1) is 26.4 Å². The molecular weight excluding hydrogens is 1600 g/mol. The molecule has 0 bridgehead atoms. The first-order valence-electron chi connectivity index (χ1n) is 49.0. The molecule has 0 amide bonds. The molecule has 0 saturated heterocycles. The van der Waals surface area contributed by atoms with Gasteiger partial charge < -0.3 is 34.2 Å². The Morgan fingerprint density at radius 2 is 0.400 bits per heavy atom. The van der Waals surface area contributed by atoms with Crippen molar-refractivity contribution in [2.75, 3.05) is 39.6 Å². The fourth-order valence-electron chi connectivity index (χ4n) is 12.9. The standard InChI is InChI=1S/C107H176O16P2/c1-4-7-10-13-16-19-22-25-28-31-34-37-40-43-45-47-48-49-50-51-52-54-56-58-60-63-66-69-72-75-78-81-84-87-90-93-105(110)117-96-102(108)97-119-124(113,114)120-98-103(109)99-121-125(115,116)122-101-104(123-107(112)95-92-89-86-83-80-77-74-71-68-65-62-57-42-39-36-33-30-27-24-21-18-15-12-9-6-3)100-118-106(111)94-91-88-85-82-79-76-73-70-67-64-61-59-55-53-46-44-41-38-35-32-29-26-23-20-17-14-11-8-5-2/h7-12,16-21,25-30,34-39,43-46,48-49,55,57,59,62,68,71,102-104,108-109H,4-6,13-15,22-24,31-33,40-42,47,50-54,56,58,60-61,63-67,69-70,72-101H2,1-3H3,(H,113,114)(H,115,116)/b10-7-,11-8-,12-9-,19-16-,20-17-,21-18-,28-25-,29-26-,30-27-,37-34-,38-35-,39-36-,45-43-,46-44-,49-48-,59-55-,62-57-,71-68-. The number of ether oxygens (including phenoxy) is 3. The number of hydrogen-bond donors (Lipinski definition) is 4. The van der Waals surface area contributed by atoms with E-state index in [1.165, 1.54) is 116 Å². The first-order valence-corrected chi connectivity index (χ1v) is 52.0. The maximum absolute atomic E-state index is 13.1. The summed E-state index contributed by atoms with van der Waals surface area (Å²) >= 11 is 0. The van der Waals surface area contributed by atoms with Crippen molar-refractivity contribution < 1.29 is 75.8 Å².